The molecule has 0 amide bonds. The number of nitrogens with one attached hydrogen (secondary N) is 1. The predicted molar refractivity (Wildman–Crippen MR) is 77.0 cm³/mol. The van der Waals surface area contributed by atoms with E-state index in [1.54, 1.807) is 0 Å². The van der Waals surface area contributed by atoms with Crippen molar-refractivity contribution in [3.05, 3.63) is 23.8 Å². The van der Waals surface area contributed by atoms with E-state index >= 15 is 0 Å². The molecule has 1 saturated carbocycles. The number of hydrogen-bond acceptors (Lipinski definition) is 4. The van der Waals surface area contributed by atoms with Crippen LogP contribution in [0.4, 0.5) is 0 Å². The largest absolute Gasteiger partial charge is 0.454 e. The molecule has 1 atom stereocenters. The lowest BCUT2D eigenvalue weighted by atomic mass is 9.83. The molecule has 2 N–H and O–H groups in total. The summed E-state index contributed by atoms with van der Waals surface area (Å²) in [5.74, 6) is 1.48. The van der Waals surface area contributed by atoms with Crippen molar-refractivity contribution >= 4 is 0 Å². The van der Waals surface area contributed by atoms with E-state index in [2.05, 4.69) is 12.2 Å². The first-order valence-corrected chi connectivity index (χ1v) is 7.49. The number of benzene rings is 1. The molecule has 0 saturated heterocycles. The molecule has 1 aromatic rings. The first-order valence-electron chi connectivity index (χ1n) is 7.49. The summed E-state index contributed by atoms with van der Waals surface area (Å²) in [6.45, 7) is 3.11. The molecule has 3 rings (SSSR count). The summed E-state index contributed by atoms with van der Waals surface area (Å²) in [6, 6.07) is 5.64. The average Bonchev–Trinajstić information content (AvgIpc) is 2.93. The fraction of sp³-hybridized carbons (Fsp3) is 0.625. The van der Waals surface area contributed by atoms with Crippen molar-refractivity contribution in [3.63, 3.8) is 0 Å². The van der Waals surface area contributed by atoms with Crippen molar-refractivity contribution in [1.82, 2.24) is 5.32 Å². The van der Waals surface area contributed by atoms with E-state index in [1.165, 1.54) is 32.1 Å². The molecule has 4 heteroatoms. The number of rotatable bonds is 4. The molecule has 20 heavy (non-hydrogen) atoms. The van der Waals surface area contributed by atoms with Gasteiger partial charge in [-0.1, -0.05) is 25.3 Å². The molecule has 1 heterocycles. The van der Waals surface area contributed by atoms with Crippen molar-refractivity contribution in [3.8, 4) is 11.5 Å². The Bertz CT molecular complexity index is 469. The Morgan fingerprint density at radius 1 is 1.20 bits per heavy atom. The number of ether oxygens (including phenoxy) is 2. The van der Waals surface area contributed by atoms with E-state index in [-0.39, 0.29) is 12.3 Å². The smallest absolute Gasteiger partial charge is 0.231 e. The predicted octanol–water partition coefficient (Wildman–Crippen LogP) is 2.76. The zero-order valence-electron chi connectivity index (χ0n) is 12.0. The van der Waals surface area contributed by atoms with E-state index in [1.807, 2.05) is 18.2 Å². The second-order valence-corrected chi connectivity index (χ2v) is 6.13. The molecule has 110 valence electrons. The Morgan fingerprint density at radius 3 is 2.75 bits per heavy atom. The Labute approximate surface area is 120 Å². The van der Waals surface area contributed by atoms with Crippen LogP contribution in [0.5, 0.6) is 11.5 Å². The molecular weight excluding hydrogens is 254 g/mol. The molecule has 1 aliphatic carbocycles. The maximum atomic E-state index is 10.3. The van der Waals surface area contributed by atoms with Crippen LogP contribution in [0.3, 0.4) is 0 Å². The van der Waals surface area contributed by atoms with Gasteiger partial charge in [0, 0.05) is 12.1 Å². The fourth-order valence-electron chi connectivity index (χ4n) is 3.09. The first-order chi connectivity index (χ1) is 9.66. The van der Waals surface area contributed by atoms with E-state index in [0.717, 1.165) is 17.1 Å². The summed E-state index contributed by atoms with van der Waals surface area (Å²) in [5, 5.41) is 13.9. The molecule has 2 aliphatic rings. The van der Waals surface area contributed by atoms with Gasteiger partial charge in [0.1, 0.15) is 0 Å². The fourth-order valence-corrected chi connectivity index (χ4v) is 3.09. The van der Waals surface area contributed by atoms with Crippen molar-refractivity contribution in [1.29, 1.82) is 0 Å². The Hall–Kier alpha value is -1.26. The van der Waals surface area contributed by atoms with Crippen LogP contribution in [0.1, 0.15) is 50.7 Å². The molecule has 1 aromatic carbocycles. The third kappa shape index (κ3) is 2.91. The summed E-state index contributed by atoms with van der Waals surface area (Å²) in [4.78, 5) is 0. The van der Waals surface area contributed by atoms with Crippen LogP contribution in [0, 0.1) is 0 Å². The Morgan fingerprint density at radius 2 is 1.95 bits per heavy atom. The SMILES string of the molecule is CC1(NCC(O)c2ccc3c(c2)OCO3)CCCCC1. The van der Waals surface area contributed by atoms with Gasteiger partial charge in [-0.3, -0.25) is 0 Å². The maximum Gasteiger partial charge on any atom is 0.231 e. The highest BCUT2D eigenvalue weighted by molar-refractivity contribution is 5.45. The van der Waals surface area contributed by atoms with Gasteiger partial charge in [-0.05, 0) is 37.5 Å². The van der Waals surface area contributed by atoms with Crippen LogP contribution in [-0.2, 0) is 0 Å². The van der Waals surface area contributed by atoms with Crippen molar-refractivity contribution in [2.24, 2.45) is 0 Å². The molecule has 0 bridgehead atoms. The van der Waals surface area contributed by atoms with Crippen LogP contribution in [-0.4, -0.2) is 24.0 Å². The third-order valence-corrected chi connectivity index (χ3v) is 4.46. The Kier molecular flexibility index (Phi) is 3.85. The molecular formula is C16H23NO3. The van der Waals surface area contributed by atoms with E-state index in [4.69, 9.17) is 9.47 Å². The zero-order valence-corrected chi connectivity index (χ0v) is 12.0. The zero-order chi connectivity index (χ0) is 14.0. The van der Waals surface area contributed by atoms with E-state index in [0.29, 0.717) is 6.54 Å². The normalized spacial score (nSPS) is 21.7. The highest BCUT2D eigenvalue weighted by atomic mass is 16.7. The Balaban J connectivity index is 1.60. The van der Waals surface area contributed by atoms with Crippen molar-refractivity contribution in [2.75, 3.05) is 13.3 Å². The van der Waals surface area contributed by atoms with Crippen LogP contribution in [0.15, 0.2) is 18.2 Å². The van der Waals surface area contributed by atoms with Gasteiger partial charge in [-0.15, -0.1) is 0 Å². The minimum absolute atomic E-state index is 0.176. The topological polar surface area (TPSA) is 50.7 Å². The van der Waals surface area contributed by atoms with Gasteiger partial charge in [-0.25, -0.2) is 0 Å². The number of hydrogen-bond donors (Lipinski definition) is 2. The summed E-state index contributed by atoms with van der Waals surface area (Å²) in [6.07, 6.45) is 5.78. The quantitative estimate of drug-likeness (QED) is 0.888. The lowest BCUT2D eigenvalue weighted by Gasteiger charge is -2.35. The molecule has 0 aromatic heterocycles. The lowest BCUT2D eigenvalue weighted by molar-refractivity contribution is 0.146. The minimum Gasteiger partial charge on any atom is -0.454 e. The molecule has 0 spiro atoms. The van der Waals surface area contributed by atoms with Crippen LogP contribution in [0.25, 0.3) is 0 Å². The summed E-state index contributed by atoms with van der Waals surface area (Å²) in [7, 11) is 0. The molecule has 1 fully saturated rings. The molecule has 4 nitrogen and oxygen atoms in total. The van der Waals surface area contributed by atoms with Crippen molar-refractivity contribution in [2.45, 2.75) is 50.7 Å². The standard InChI is InChI=1S/C16H23NO3/c1-16(7-3-2-4-8-16)17-10-13(18)12-5-6-14-15(9-12)20-11-19-14/h5-6,9,13,17-18H,2-4,7-8,10-11H2,1H3. The third-order valence-electron chi connectivity index (χ3n) is 4.46. The lowest BCUT2D eigenvalue weighted by Crippen LogP contribution is -2.45. The highest BCUT2D eigenvalue weighted by Crippen LogP contribution is 2.34. The molecule has 0 radical (unpaired) electrons. The number of aliphatic hydroxyl groups excluding tert-OH is 1. The first kappa shape index (κ1) is 13.7. The van der Waals surface area contributed by atoms with Gasteiger partial charge in [0.25, 0.3) is 0 Å². The highest BCUT2D eigenvalue weighted by Gasteiger charge is 2.27. The minimum atomic E-state index is -0.511. The van der Waals surface area contributed by atoms with E-state index < -0.39 is 6.10 Å². The molecule has 1 unspecified atom stereocenters. The number of fused-ring (bicyclic) bond motifs is 1. The second kappa shape index (κ2) is 5.62. The van der Waals surface area contributed by atoms with Gasteiger partial charge < -0.3 is 19.9 Å². The summed E-state index contributed by atoms with van der Waals surface area (Å²) in [5.41, 5.74) is 1.05. The van der Waals surface area contributed by atoms with Crippen LogP contribution in [0.2, 0.25) is 0 Å². The van der Waals surface area contributed by atoms with Crippen LogP contribution < -0.4 is 14.8 Å². The summed E-state index contributed by atoms with van der Waals surface area (Å²) < 4.78 is 10.6. The van der Waals surface area contributed by atoms with Gasteiger partial charge in [-0.2, -0.15) is 0 Å². The van der Waals surface area contributed by atoms with Crippen LogP contribution >= 0.6 is 0 Å². The van der Waals surface area contributed by atoms with Gasteiger partial charge in [0.2, 0.25) is 6.79 Å². The summed E-state index contributed by atoms with van der Waals surface area (Å²) >= 11 is 0. The monoisotopic (exact) mass is 277 g/mol. The van der Waals surface area contributed by atoms with Gasteiger partial charge in [0.15, 0.2) is 11.5 Å². The number of β-amino-alcohol motifs (C(OH)–C–C–N with tert-alkyl or cyclic N) is 1. The maximum absolute atomic E-state index is 10.3. The number of aliphatic hydroxyl groups is 1. The van der Waals surface area contributed by atoms with Gasteiger partial charge >= 0.3 is 0 Å². The van der Waals surface area contributed by atoms with E-state index in [9.17, 15) is 5.11 Å². The average molecular weight is 277 g/mol. The van der Waals surface area contributed by atoms with Gasteiger partial charge in [0.05, 0.1) is 6.10 Å². The molecule has 1 aliphatic heterocycles. The second-order valence-electron chi connectivity index (χ2n) is 6.13. The van der Waals surface area contributed by atoms with Crippen molar-refractivity contribution < 1.29 is 14.6 Å².